The molecule has 4 rings (SSSR count). The number of amides is 1. The van der Waals surface area contributed by atoms with E-state index < -0.39 is 0 Å². The third kappa shape index (κ3) is 4.85. The normalized spacial score (nSPS) is 14.5. The first-order chi connectivity index (χ1) is 15.1. The van der Waals surface area contributed by atoms with Crippen LogP contribution in [-0.4, -0.2) is 48.6 Å². The Balaban J connectivity index is 1.41. The number of rotatable bonds is 7. The molecule has 1 amide bonds. The molecule has 0 spiro atoms. The second-order valence-corrected chi connectivity index (χ2v) is 9.36. The zero-order valence-corrected chi connectivity index (χ0v) is 19.5. The van der Waals surface area contributed by atoms with Crippen molar-refractivity contribution >= 4 is 32.6 Å². The van der Waals surface area contributed by atoms with Crippen LogP contribution in [0.1, 0.15) is 55.5 Å². The number of unbranched alkanes of at least 4 members (excludes halogenated alkanes) is 1. The Morgan fingerprint density at radius 1 is 1.13 bits per heavy atom. The summed E-state index contributed by atoms with van der Waals surface area (Å²) in [4.78, 5) is 22.2. The maximum Gasteiger partial charge on any atom is 0.254 e. The van der Waals surface area contributed by atoms with Crippen LogP contribution in [0.5, 0.6) is 5.75 Å². The van der Waals surface area contributed by atoms with Crippen molar-refractivity contribution in [3.63, 3.8) is 0 Å². The van der Waals surface area contributed by atoms with E-state index in [9.17, 15) is 4.79 Å². The lowest BCUT2D eigenvalue weighted by Gasteiger charge is -2.34. The van der Waals surface area contributed by atoms with Gasteiger partial charge in [0.15, 0.2) is 5.13 Å². The topological polar surface area (TPSA) is 45.7 Å². The highest BCUT2D eigenvalue weighted by Gasteiger charge is 2.24. The Kier molecular flexibility index (Phi) is 6.76. The summed E-state index contributed by atoms with van der Waals surface area (Å²) in [5.41, 5.74) is 3.12. The first-order valence-electron chi connectivity index (χ1n) is 11.2. The van der Waals surface area contributed by atoms with Crippen molar-refractivity contribution in [3.05, 3.63) is 53.6 Å². The van der Waals surface area contributed by atoms with Crippen LogP contribution in [0.15, 0.2) is 42.5 Å². The predicted octanol–water partition coefficient (Wildman–Crippen LogP) is 5.56. The van der Waals surface area contributed by atoms with Crippen molar-refractivity contribution < 1.29 is 9.53 Å². The van der Waals surface area contributed by atoms with E-state index in [1.807, 2.05) is 29.2 Å². The van der Waals surface area contributed by atoms with Crippen molar-refractivity contribution in [2.75, 3.05) is 37.7 Å². The van der Waals surface area contributed by atoms with Gasteiger partial charge >= 0.3 is 0 Å². The molecule has 6 heteroatoms. The van der Waals surface area contributed by atoms with Gasteiger partial charge in [-0.25, -0.2) is 4.98 Å². The molecule has 1 aliphatic heterocycles. The Morgan fingerprint density at radius 2 is 1.90 bits per heavy atom. The molecule has 31 heavy (non-hydrogen) atoms. The first-order valence-corrected chi connectivity index (χ1v) is 12.0. The molecule has 3 aromatic rings. The number of aromatic nitrogens is 1. The van der Waals surface area contributed by atoms with Gasteiger partial charge in [0.2, 0.25) is 0 Å². The number of thiazole rings is 1. The average Bonchev–Trinajstić information content (AvgIpc) is 3.23. The highest BCUT2D eigenvalue weighted by molar-refractivity contribution is 7.22. The Labute approximate surface area is 188 Å². The second-order valence-electron chi connectivity index (χ2n) is 8.35. The number of para-hydroxylation sites is 1. The molecule has 1 aromatic heterocycles. The summed E-state index contributed by atoms with van der Waals surface area (Å²) in [7, 11) is 0. The van der Waals surface area contributed by atoms with Gasteiger partial charge in [0, 0.05) is 31.7 Å². The molecule has 164 valence electrons. The molecule has 0 unspecified atom stereocenters. The number of carbonyl (C=O) groups excluding carboxylic acids is 1. The van der Waals surface area contributed by atoms with Crippen LogP contribution in [0.3, 0.4) is 0 Å². The van der Waals surface area contributed by atoms with Crippen LogP contribution in [0.25, 0.3) is 10.2 Å². The standard InChI is InChI=1S/C25H31N3O2S/c1-4-5-16-30-20-9-6-8-19(17-20)24(29)27-12-14-28(15-13-27)25-26-23-21(18(2)3)10-7-11-22(23)31-25/h6-11,17-18H,4-5,12-16H2,1-3H3. The third-order valence-electron chi connectivity index (χ3n) is 5.75. The van der Waals surface area contributed by atoms with Gasteiger partial charge in [-0.05, 0) is 42.2 Å². The summed E-state index contributed by atoms with van der Waals surface area (Å²) in [6, 6.07) is 14.0. The molecule has 0 radical (unpaired) electrons. The number of nitrogens with zero attached hydrogens (tertiary/aromatic N) is 3. The minimum atomic E-state index is 0.0759. The van der Waals surface area contributed by atoms with Crippen molar-refractivity contribution in [2.24, 2.45) is 0 Å². The minimum Gasteiger partial charge on any atom is -0.494 e. The molecule has 0 atom stereocenters. The van der Waals surface area contributed by atoms with Crippen molar-refractivity contribution in [3.8, 4) is 5.75 Å². The number of piperazine rings is 1. The molecule has 5 nitrogen and oxygen atoms in total. The van der Waals surface area contributed by atoms with Gasteiger partial charge in [0.1, 0.15) is 5.75 Å². The molecule has 0 N–H and O–H groups in total. The summed E-state index contributed by atoms with van der Waals surface area (Å²) < 4.78 is 7.00. The van der Waals surface area contributed by atoms with Crippen molar-refractivity contribution in [1.29, 1.82) is 0 Å². The van der Waals surface area contributed by atoms with Crippen LogP contribution in [-0.2, 0) is 0 Å². The molecule has 1 saturated heterocycles. The molecule has 0 aliphatic carbocycles. The summed E-state index contributed by atoms with van der Waals surface area (Å²) in [6.45, 7) is 10.3. The lowest BCUT2D eigenvalue weighted by atomic mass is 10.0. The second kappa shape index (κ2) is 9.69. The van der Waals surface area contributed by atoms with Gasteiger partial charge in [0.25, 0.3) is 5.91 Å². The zero-order valence-electron chi connectivity index (χ0n) is 18.6. The van der Waals surface area contributed by atoms with Gasteiger partial charge < -0.3 is 14.5 Å². The van der Waals surface area contributed by atoms with Gasteiger partial charge in [-0.15, -0.1) is 0 Å². The molecular formula is C25H31N3O2S. The minimum absolute atomic E-state index is 0.0759. The number of benzene rings is 2. The highest BCUT2D eigenvalue weighted by atomic mass is 32.1. The monoisotopic (exact) mass is 437 g/mol. The summed E-state index contributed by atoms with van der Waals surface area (Å²) in [6.07, 6.45) is 2.11. The molecule has 0 saturated carbocycles. The smallest absolute Gasteiger partial charge is 0.254 e. The summed E-state index contributed by atoms with van der Waals surface area (Å²) in [5.74, 6) is 1.30. The van der Waals surface area contributed by atoms with Gasteiger partial charge in [-0.3, -0.25) is 4.79 Å². The first kappa shape index (κ1) is 21.6. The van der Waals surface area contributed by atoms with E-state index in [0.717, 1.165) is 42.3 Å². The van der Waals surface area contributed by atoms with E-state index in [0.29, 0.717) is 31.2 Å². The molecule has 2 aromatic carbocycles. The largest absolute Gasteiger partial charge is 0.494 e. The maximum atomic E-state index is 13.0. The van der Waals surface area contributed by atoms with E-state index >= 15 is 0 Å². The van der Waals surface area contributed by atoms with Crippen LogP contribution in [0.4, 0.5) is 5.13 Å². The predicted molar refractivity (Wildman–Crippen MR) is 129 cm³/mol. The van der Waals surface area contributed by atoms with E-state index in [1.165, 1.54) is 10.3 Å². The Hall–Kier alpha value is -2.60. The maximum absolute atomic E-state index is 13.0. The SMILES string of the molecule is CCCCOc1cccc(C(=O)N2CCN(c3nc4c(C(C)C)cccc4s3)CC2)c1. The van der Waals surface area contributed by atoms with E-state index in [-0.39, 0.29) is 5.91 Å². The lowest BCUT2D eigenvalue weighted by molar-refractivity contribution is 0.0746. The van der Waals surface area contributed by atoms with Crippen LogP contribution in [0.2, 0.25) is 0 Å². The molecule has 1 fully saturated rings. The van der Waals surface area contributed by atoms with E-state index in [4.69, 9.17) is 9.72 Å². The fourth-order valence-corrected chi connectivity index (χ4v) is 4.95. The van der Waals surface area contributed by atoms with Crippen molar-refractivity contribution in [1.82, 2.24) is 9.88 Å². The fourth-order valence-electron chi connectivity index (χ4n) is 3.90. The zero-order chi connectivity index (χ0) is 21.8. The van der Waals surface area contributed by atoms with Gasteiger partial charge in [0.05, 0.1) is 16.8 Å². The summed E-state index contributed by atoms with van der Waals surface area (Å²) in [5, 5.41) is 1.06. The fraction of sp³-hybridized carbons (Fsp3) is 0.440. The number of hydrogen-bond acceptors (Lipinski definition) is 5. The van der Waals surface area contributed by atoms with Gasteiger partial charge in [-0.1, -0.05) is 56.7 Å². The number of hydrogen-bond donors (Lipinski definition) is 0. The number of ether oxygens (including phenoxy) is 1. The molecular weight excluding hydrogens is 406 g/mol. The van der Waals surface area contributed by atoms with Crippen molar-refractivity contribution in [2.45, 2.75) is 39.5 Å². The Morgan fingerprint density at radius 3 is 2.65 bits per heavy atom. The third-order valence-corrected chi connectivity index (χ3v) is 6.83. The quantitative estimate of drug-likeness (QED) is 0.454. The Bertz CT molecular complexity index is 1040. The molecule has 1 aliphatic rings. The lowest BCUT2D eigenvalue weighted by Crippen LogP contribution is -2.48. The van der Waals surface area contributed by atoms with Crippen LogP contribution in [0, 0.1) is 0 Å². The number of carbonyl (C=O) groups is 1. The average molecular weight is 438 g/mol. The highest BCUT2D eigenvalue weighted by Crippen LogP contribution is 2.33. The molecule has 0 bridgehead atoms. The molecule has 2 heterocycles. The summed E-state index contributed by atoms with van der Waals surface area (Å²) >= 11 is 1.75. The van der Waals surface area contributed by atoms with E-state index in [1.54, 1.807) is 11.3 Å². The van der Waals surface area contributed by atoms with E-state index in [2.05, 4.69) is 43.9 Å². The van der Waals surface area contributed by atoms with Crippen LogP contribution < -0.4 is 9.64 Å². The number of anilines is 1. The van der Waals surface area contributed by atoms with Crippen LogP contribution >= 0.6 is 11.3 Å². The number of fused-ring (bicyclic) bond motifs is 1. The van der Waals surface area contributed by atoms with Gasteiger partial charge in [-0.2, -0.15) is 0 Å².